The van der Waals surface area contributed by atoms with Crippen molar-refractivity contribution in [2.24, 2.45) is 0 Å². The van der Waals surface area contributed by atoms with Crippen LogP contribution in [0, 0.1) is 0 Å². The van der Waals surface area contributed by atoms with Crippen LogP contribution in [0.3, 0.4) is 0 Å². The number of hydrogen-bond acceptors (Lipinski definition) is 26. The van der Waals surface area contributed by atoms with E-state index >= 15 is 0 Å². The molecule has 0 aromatic rings. The molecule has 5 aliphatic rings. The van der Waals surface area contributed by atoms with Gasteiger partial charge in [0.05, 0.1) is 33.0 Å². The van der Waals surface area contributed by atoms with Gasteiger partial charge in [0.15, 0.2) is 31.5 Å². The van der Waals surface area contributed by atoms with Crippen LogP contribution in [0.25, 0.3) is 0 Å². The number of rotatable bonds is 15. The monoisotopic (exact) mass is 910 g/mol. The number of hydrogen-bond donors (Lipinski definition) is 17. The lowest BCUT2D eigenvalue weighted by Crippen LogP contribution is -2.69. The first kappa shape index (κ1) is 51.0. The average Bonchev–Trinajstić information content (AvgIpc) is 3.23. The molecule has 28 nitrogen and oxygen atoms in total. The maximum atomic E-state index is 12.2. The molecule has 0 aromatic carbocycles. The van der Waals surface area contributed by atoms with Gasteiger partial charge in [-0.2, -0.15) is 0 Å². The third-order valence-electron chi connectivity index (χ3n) is 11.1. The Balaban J connectivity index is 1.25. The van der Waals surface area contributed by atoms with Gasteiger partial charge in [0, 0.05) is 13.8 Å². The van der Waals surface area contributed by atoms with Gasteiger partial charge in [0.1, 0.15) is 122 Å². The summed E-state index contributed by atoms with van der Waals surface area (Å²) in [5.41, 5.74) is 0. The number of carbonyl (C=O) groups is 2. The molecule has 1 unspecified atom stereocenters. The Kier molecular flexibility index (Phi) is 18.1. The maximum absolute atomic E-state index is 12.2. The number of aliphatic hydroxyl groups excluding tert-OH is 15. The van der Waals surface area contributed by atoms with Crippen LogP contribution >= 0.6 is 0 Å². The molecule has 2 amide bonds. The van der Waals surface area contributed by atoms with Crippen LogP contribution in [0.15, 0.2) is 0 Å². The largest absolute Gasteiger partial charge is 0.394 e. The quantitative estimate of drug-likeness (QED) is 0.0725. The molecule has 5 fully saturated rings. The fourth-order valence-electron chi connectivity index (χ4n) is 7.72. The molecule has 360 valence electrons. The normalized spacial score (nSPS) is 49.0. The highest BCUT2D eigenvalue weighted by atomic mass is 16.8. The highest BCUT2D eigenvalue weighted by Gasteiger charge is 2.55. The smallest absolute Gasteiger partial charge is 0.217 e. The highest BCUT2D eigenvalue weighted by Crippen LogP contribution is 2.34. The lowest BCUT2D eigenvalue weighted by atomic mass is 9.94. The van der Waals surface area contributed by atoms with Gasteiger partial charge < -0.3 is 130 Å². The third-order valence-corrected chi connectivity index (χ3v) is 11.1. The first-order valence-corrected chi connectivity index (χ1v) is 19.6. The first-order valence-electron chi connectivity index (χ1n) is 19.6. The Bertz CT molecular complexity index is 1440. The molecule has 0 aromatic heterocycles. The summed E-state index contributed by atoms with van der Waals surface area (Å²) in [4.78, 5) is 24.4. The molecule has 5 saturated heterocycles. The van der Waals surface area contributed by atoms with E-state index in [1.807, 2.05) is 0 Å². The van der Waals surface area contributed by atoms with Crippen molar-refractivity contribution in [1.29, 1.82) is 0 Å². The van der Waals surface area contributed by atoms with Gasteiger partial charge in [-0.25, -0.2) is 0 Å². The summed E-state index contributed by atoms with van der Waals surface area (Å²) in [6, 6.07) is -3.18. The molecule has 5 rings (SSSR count). The van der Waals surface area contributed by atoms with Crippen molar-refractivity contribution < 1.29 is 129 Å². The summed E-state index contributed by atoms with van der Waals surface area (Å²) < 4.78 is 50.3. The molecule has 0 bridgehead atoms. The van der Waals surface area contributed by atoms with Crippen molar-refractivity contribution in [3.8, 4) is 0 Å². The number of ether oxygens (including phenoxy) is 9. The van der Waals surface area contributed by atoms with E-state index in [-0.39, 0.29) is 0 Å². The molecule has 62 heavy (non-hydrogen) atoms. The second-order valence-electron chi connectivity index (χ2n) is 15.5. The second-order valence-corrected chi connectivity index (χ2v) is 15.5. The molecular formula is C34H58N2O26. The zero-order valence-corrected chi connectivity index (χ0v) is 33.2. The molecule has 17 N–H and O–H groups in total. The molecule has 0 saturated carbocycles. The van der Waals surface area contributed by atoms with Gasteiger partial charge in [-0.05, 0) is 0 Å². The molecule has 0 spiro atoms. The fraction of sp³-hybridized carbons (Fsp3) is 0.941. The molecule has 25 atom stereocenters. The summed E-state index contributed by atoms with van der Waals surface area (Å²) in [7, 11) is 0. The lowest BCUT2D eigenvalue weighted by molar-refractivity contribution is -0.372. The number of nitrogens with one attached hydrogen (secondary N) is 2. The van der Waals surface area contributed by atoms with Gasteiger partial charge in [0.25, 0.3) is 0 Å². The van der Waals surface area contributed by atoms with Crippen LogP contribution in [-0.4, -0.2) is 275 Å². The minimum atomic E-state index is -2.14. The number of aliphatic hydroxyl groups is 15. The predicted molar refractivity (Wildman–Crippen MR) is 190 cm³/mol. The number of carbonyl (C=O) groups excluding carboxylic acids is 2. The molecule has 5 aliphatic heterocycles. The Labute approximate surface area is 351 Å². The summed E-state index contributed by atoms with van der Waals surface area (Å²) in [6.07, 6.45) is -40.9. The van der Waals surface area contributed by atoms with E-state index in [2.05, 4.69) is 10.6 Å². The summed E-state index contributed by atoms with van der Waals surface area (Å²) >= 11 is 0. The highest BCUT2D eigenvalue weighted by molar-refractivity contribution is 5.73. The van der Waals surface area contributed by atoms with Gasteiger partial charge in [-0.1, -0.05) is 0 Å². The molecule has 0 aliphatic carbocycles. The van der Waals surface area contributed by atoms with Crippen LogP contribution < -0.4 is 10.6 Å². The maximum Gasteiger partial charge on any atom is 0.217 e. The van der Waals surface area contributed by atoms with E-state index in [1.54, 1.807) is 0 Å². The van der Waals surface area contributed by atoms with Gasteiger partial charge in [-0.3, -0.25) is 9.59 Å². The van der Waals surface area contributed by atoms with E-state index in [4.69, 9.17) is 42.6 Å². The van der Waals surface area contributed by atoms with Crippen LogP contribution in [0.1, 0.15) is 13.8 Å². The van der Waals surface area contributed by atoms with Gasteiger partial charge >= 0.3 is 0 Å². The number of amides is 2. The van der Waals surface area contributed by atoms with Crippen molar-refractivity contribution >= 4 is 11.8 Å². The van der Waals surface area contributed by atoms with Crippen molar-refractivity contribution in [2.45, 2.75) is 167 Å². The van der Waals surface area contributed by atoms with E-state index in [9.17, 15) is 86.2 Å². The third kappa shape index (κ3) is 11.0. The molecule has 28 heteroatoms. The molecule has 0 radical (unpaired) electrons. The molecule has 5 heterocycles. The van der Waals surface area contributed by atoms with Crippen LogP contribution in [0.4, 0.5) is 0 Å². The predicted octanol–water partition coefficient (Wildman–Crippen LogP) is -11.6. The van der Waals surface area contributed by atoms with Crippen molar-refractivity contribution in [3.05, 3.63) is 0 Å². The average molecular weight is 911 g/mol. The van der Waals surface area contributed by atoms with Crippen molar-refractivity contribution in [1.82, 2.24) is 10.6 Å². The van der Waals surface area contributed by atoms with Crippen LogP contribution in [0.5, 0.6) is 0 Å². The van der Waals surface area contributed by atoms with E-state index in [0.29, 0.717) is 0 Å². The fourth-order valence-corrected chi connectivity index (χ4v) is 7.72. The standard InChI is InChI=1S/C34H58N2O26/c1-8(41)35-15-20(46)27(60-33-25(51)22(48)17(43)10(3-37)56-33)12(5-39)58-31(15)54-7-14-19(45)24(50)29(30(53)55-14)62-32-16(36-9(2)42)21(47)28(13(6-40)59-32)61-34-26(52)23(49)18(44)11(4-38)57-34/h10-34,37-40,43-53H,3-7H2,1-2H3,(H,35,41)(H,36,42)/t10-,11-,12-,13-,14-,15-,16-,17+,18+,19-,20-,21-,22+,23+,24+,25-,26-,27-,28-,29+,30?,31-,32-,33+,34+/m1/s1. The van der Waals surface area contributed by atoms with Crippen LogP contribution in [0.2, 0.25) is 0 Å². The summed E-state index contributed by atoms with van der Waals surface area (Å²) in [6.45, 7) is -2.10. The van der Waals surface area contributed by atoms with Gasteiger partial charge in [0.2, 0.25) is 11.8 Å². The minimum absolute atomic E-state index is 0.733. The Morgan fingerprint density at radius 1 is 0.419 bits per heavy atom. The lowest BCUT2D eigenvalue weighted by Gasteiger charge is -2.49. The zero-order chi connectivity index (χ0) is 45.9. The first-order chi connectivity index (χ1) is 29.3. The zero-order valence-electron chi connectivity index (χ0n) is 33.2. The Morgan fingerprint density at radius 3 is 1.21 bits per heavy atom. The van der Waals surface area contributed by atoms with Gasteiger partial charge in [-0.15, -0.1) is 0 Å². The van der Waals surface area contributed by atoms with E-state index in [0.717, 1.165) is 13.8 Å². The summed E-state index contributed by atoms with van der Waals surface area (Å²) in [5.74, 6) is -1.51. The topological polar surface area (TPSA) is 445 Å². The second kappa shape index (κ2) is 22.0. The van der Waals surface area contributed by atoms with Crippen molar-refractivity contribution in [3.63, 3.8) is 0 Å². The van der Waals surface area contributed by atoms with E-state index in [1.165, 1.54) is 0 Å². The Morgan fingerprint density at radius 2 is 0.790 bits per heavy atom. The van der Waals surface area contributed by atoms with E-state index < -0.39 is 198 Å². The minimum Gasteiger partial charge on any atom is -0.394 e. The summed E-state index contributed by atoms with van der Waals surface area (Å²) in [5, 5.41) is 162. The van der Waals surface area contributed by atoms with Crippen molar-refractivity contribution in [2.75, 3.05) is 33.0 Å². The SMILES string of the molecule is CC(=O)N[C@H]1[C@H](OC[C@H]2OC(O)[C@@H](O[C@H]3O[C@H](CO)[C@@H](O[C@@H]4O[C@H](CO)[C@H](O)[C@H](O)[C@H]4O)[C@H](O)[C@H]3NC(C)=O)[C@@H](O)[C@@H]2O)O[C@H](CO)[C@@H](O[C@@H]2O[C@H](CO)[C@H](O)[C@H](O)[C@H]2O)[C@@H]1O. The molecular weight excluding hydrogens is 852 g/mol. The Hall–Kier alpha value is -2.02. The van der Waals surface area contributed by atoms with Crippen LogP contribution in [-0.2, 0) is 52.2 Å².